The smallest absolute Gasteiger partial charge is 0.123 e. The Morgan fingerprint density at radius 1 is 1.28 bits per heavy atom. The SMILES string of the molecule is Cc1c(Br)cccc1OC1CCC(CCO)CC1. The zero-order valence-corrected chi connectivity index (χ0v) is 12.4. The largest absolute Gasteiger partial charge is 0.490 e. The number of halogens is 1. The molecular formula is C15H21BrO2. The minimum atomic E-state index is 0.320. The maximum absolute atomic E-state index is 8.95. The molecule has 0 spiro atoms. The van der Waals surface area contributed by atoms with Gasteiger partial charge < -0.3 is 9.84 Å². The molecule has 0 amide bonds. The first kappa shape index (κ1) is 13.9. The van der Waals surface area contributed by atoms with E-state index in [9.17, 15) is 0 Å². The fraction of sp³-hybridized carbons (Fsp3) is 0.600. The van der Waals surface area contributed by atoms with Gasteiger partial charge in [-0.1, -0.05) is 22.0 Å². The van der Waals surface area contributed by atoms with Gasteiger partial charge in [0, 0.05) is 16.6 Å². The van der Waals surface area contributed by atoms with Crippen LogP contribution in [0, 0.1) is 12.8 Å². The Morgan fingerprint density at radius 3 is 2.67 bits per heavy atom. The van der Waals surface area contributed by atoms with Crippen LogP contribution in [0.1, 0.15) is 37.7 Å². The van der Waals surface area contributed by atoms with Crippen molar-refractivity contribution in [2.75, 3.05) is 6.61 Å². The van der Waals surface area contributed by atoms with Gasteiger partial charge in [0.05, 0.1) is 6.10 Å². The molecule has 0 heterocycles. The number of aliphatic hydroxyl groups is 1. The summed E-state index contributed by atoms with van der Waals surface area (Å²) in [5.41, 5.74) is 1.18. The quantitative estimate of drug-likeness (QED) is 0.907. The number of hydrogen-bond donors (Lipinski definition) is 1. The normalized spacial score (nSPS) is 23.9. The lowest BCUT2D eigenvalue weighted by Gasteiger charge is -2.29. The molecule has 1 aromatic rings. The van der Waals surface area contributed by atoms with E-state index in [4.69, 9.17) is 9.84 Å². The Hall–Kier alpha value is -0.540. The van der Waals surface area contributed by atoms with E-state index in [0.717, 1.165) is 29.5 Å². The third-order valence-electron chi connectivity index (χ3n) is 3.84. The van der Waals surface area contributed by atoms with Crippen LogP contribution in [-0.4, -0.2) is 17.8 Å². The molecule has 3 heteroatoms. The van der Waals surface area contributed by atoms with Crippen molar-refractivity contribution in [2.24, 2.45) is 5.92 Å². The molecule has 0 aliphatic heterocycles. The molecule has 1 N–H and O–H groups in total. The number of benzene rings is 1. The molecule has 0 bridgehead atoms. The van der Waals surface area contributed by atoms with Gasteiger partial charge in [-0.3, -0.25) is 0 Å². The van der Waals surface area contributed by atoms with Crippen LogP contribution in [0.15, 0.2) is 22.7 Å². The molecule has 0 unspecified atom stereocenters. The molecule has 0 aromatic heterocycles. The van der Waals surface area contributed by atoms with Gasteiger partial charge in [0.25, 0.3) is 0 Å². The Labute approximate surface area is 117 Å². The van der Waals surface area contributed by atoms with Crippen molar-refractivity contribution in [3.8, 4) is 5.75 Å². The average Bonchev–Trinajstić information content (AvgIpc) is 2.38. The van der Waals surface area contributed by atoms with E-state index in [1.165, 1.54) is 18.4 Å². The molecule has 18 heavy (non-hydrogen) atoms. The van der Waals surface area contributed by atoms with Crippen LogP contribution in [0.3, 0.4) is 0 Å². The van der Waals surface area contributed by atoms with Gasteiger partial charge >= 0.3 is 0 Å². The number of aliphatic hydroxyl groups excluding tert-OH is 1. The summed E-state index contributed by atoms with van der Waals surface area (Å²) in [5.74, 6) is 1.69. The number of hydrogen-bond acceptors (Lipinski definition) is 2. The average molecular weight is 313 g/mol. The van der Waals surface area contributed by atoms with Crippen molar-refractivity contribution in [2.45, 2.75) is 45.1 Å². The highest BCUT2D eigenvalue weighted by Crippen LogP contribution is 2.32. The highest BCUT2D eigenvalue weighted by atomic mass is 79.9. The summed E-state index contributed by atoms with van der Waals surface area (Å²) in [6.07, 6.45) is 5.86. The Kier molecular flexibility index (Phi) is 5.07. The third kappa shape index (κ3) is 3.48. The van der Waals surface area contributed by atoms with Crippen LogP contribution in [0.2, 0.25) is 0 Å². The predicted octanol–water partition coefficient (Wildman–Crippen LogP) is 4.08. The van der Waals surface area contributed by atoms with Crippen LogP contribution in [0.5, 0.6) is 5.75 Å². The minimum absolute atomic E-state index is 0.320. The standard InChI is InChI=1S/C15H21BrO2/c1-11-14(16)3-2-4-15(11)18-13-7-5-12(6-8-13)9-10-17/h2-4,12-13,17H,5-10H2,1H3. The maximum atomic E-state index is 8.95. The fourth-order valence-electron chi connectivity index (χ4n) is 2.62. The highest BCUT2D eigenvalue weighted by Gasteiger charge is 2.22. The molecule has 0 atom stereocenters. The van der Waals surface area contributed by atoms with Crippen molar-refractivity contribution in [1.82, 2.24) is 0 Å². The van der Waals surface area contributed by atoms with Crippen molar-refractivity contribution in [3.63, 3.8) is 0 Å². The fourth-order valence-corrected chi connectivity index (χ4v) is 2.96. The summed E-state index contributed by atoms with van der Waals surface area (Å²) in [6, 6.07) is 6.10. The van der Waals surface area contributed by atoms with Crippen molar-refractivity contribution < 1.29 is 9.84 Å². The maximum Gasteiger partial charge on any atom is 0.123 e. The van der Waals surface area contributed by atoms with Crippen LogP contribution in [0.25, 0.3) is 0 Å². The molecule has 0 saturated heterocycles. The number of rotatable bonds is 4. The molecule has 2 nitrogen and oxygen atoms in total. The molecule has 1 aromatic carbocycles. The first-order valence-electron chi connectivity index (χ1n) is 6.73. The molecular weight excluding hydrogens is 292 g/mol. The molecule has 1 aliphatic rings. The van der Waals surface area contributed by atoms with Gasteiger partial charge in [-0.25, -0.2) is 0 Å². The second-order valence-electron chi connectivity index (χ2n) is 5.14. The third-order valence-corrected chi connectivity index (χ3v) is 4.70. The van der Waals surface area contributed by atoms with E-state index in [0.29, 0.717) is 18.6 Å². The van der Waals surface area contributed by atoms with E-state index in [1.54, 1.807) is 0 Å². The summed E-state index contributed by atoms with van der Waals surface area (Å²) < 4.78 is 7.21. The summed E-state index contributed by atoms with van der Waals surface area (Å²) >= 11 is 3.53. The number of ether oxygens (including phenoxy) is 1. The lowest BCUT2D eigenvalue weighted by molar-refractivity contribution is 0.119. The first-order valence-corrected chi connectivity index (χ1v) is 7.52. The lowest BCUT2D eigenvalue weighted by atomic mass is 9.85. The zero-order valence-electron chi connectivity index (χ0n) is 10.9. The Balaban J connectivity index is 1.90. The summed E-state index contributed by atoms with van der Waals surface area (Å²) in [4.78, 5) is 0. The van der Waals surface area contributed by atoms with Crippen LogP contribution in [0.4, 0.5) is 0 Å². The van der Waals surface area contributed by atoms with Crippen molar-refractivity contribution in [3.05, 3.63) is 28.2 Å². The van der Waals surface area contributed by atoms with Gasteiger partial charge in [-0.2, -0.15) is 0 Å². The molecule has 2 rings (SSSR count). The minimum Gasteiger partial charge on any atom is -0.490 e. The Bertz CT molecular complexity index is 384. The zero-order chi connectivity index (χ0) is 13.0. The van der Waals surface area contributed by atoms with Gasteiger partial charge in [-0.15, -0.1) is 0 Å². The van der Waals surface area contributed by atoms with Gasteiger partial charge in [0.2, 0.25) is 0 Å². The summed E-state index contributed by atoms with van der Waals surface area (Å²) in [5, 5.41) is 8.95. The van der Waals surface area contributed by atoms with E-state index < -0.39 is 0 Å². The predicted molar refractivity (Wildman–Crippen MR) is 77.0 cm³/mol. The van der Waals surface area contributed by atoms with E-state index in [2.05, 4.69) is 22.9 Å². The van der Waals surface area contributed by atoms with Gasteiger partial charge in [-0.05, 0) is 57.1 Å². The first-order chi connectivity index (χ1) is 8.70. The van der Waals surface area contributed by atoms with E-state index in [-0.39, 0.29) is 0 Å². The van der Waals surface area contributed by atoms with Crippen LogP contribution >= 0.6 is 15.9 Å². The highest BCUT2D eigenvalue weighted by molar-refractivity contribution is 9.10. The second-order valence-corrected chi connectivity index (χ2v) is 5.99. The molecule has 1 saturated carbocycles. The van der Waals surface area contributed by atoms with Crippen LogP contribution in [-0.2, 0) is 0 Å². The second kappa shape index (κ2) is 6.58. The van der Waals surface area contributed by atoms with E-state index >= 15 is 0 Å². The molecule has 100 valence electrons. The molecule has 1 aliphatic carbocycles. The van der Waals surface area contributed by atoms with E-state index in [1.807, 2.05) is 18.2 Å². The topological polar surface area (TPSA) is 29.5 Å². The van der Waals surface area contributed by atoms with Gasteiger partial charge in [0.15, 0.2) is 0 Å². The molecule has 1 fully saturated rings. The van der Waals surface area contributed by atoms with Gasteiger partial charge in [0.1, 0.15) is 5.75 Å². The monoisotopic (exact) mass is 312 g/mol. The Morgan fingerprint density at radius 2 is 2.00 bits per heavy atom. The van der Waals surface area contributed by atoms with Crippen molar-refractivity contribution >= 4 is 15.9 Å². The molecule has 0 radical (unpaired) electrons. The lowest BCUT2D eigenvalue weighted by Crippen LogP contribution is -2.24. The van der Waals surface area contributed by atoms with Crippen LogP contribution < -0.4 is 4.74 Å². The summed E-state index contributed by atoms with van der Waals surface area (Å²) in [7, 11) is 0. The van der Waals surface area contributed by atoms with Crippen molar-refractivity contribution in [1.29, 1.82) is 0 Å². The summed E-state index contributed by atoms with van der Waals surface area (Å²) in [6.45, 7) is 2.40.